The Morgan fingerprint density at radius 2 is 2.19 bits per heavy atom. The number of amides is 1. The van der Waals surface area contributed by atoms with Gasteiger partial charge in [0.2, 0.25) is 0 Å². The van der Waals surface area contributed by atoms with Crippen LogP contribution in [0.2, 0.25) is 5.02 Å². The molecule has 2 N–H and O–H groups in total. The Kier molecular flexibility index (Phi) is 6.46. The average molecular weight is 474 g/mol. The zero-order chi connectivity index (χ0) is 22.1. The number of nitrogens with zero attached hydrogens (tertiary/aromatic N) is 1. The zero-order valence-electron chi connectivity index (χ0n) is 17.3. The number of ketones is 1. The second kappa shape index (κ2) is 9.10. The van der Waals surface area contributed by atoms with Crippen LogP contribution in [0, 0.1) is 6.92 Å². The van der Waals surface area contributed by atoms with Crippen molar-refractivity contribution in [1.29, 1.82) is 0 Å². The number of hydrogen-bond acceptors (Lipinski definition) is 4. The van der Waals surface area contributed by atoms with Crippen LogP contribution in [0.25, 0.3) is 0 Å². The van der Waals surface area contributed by atoms with E-state index in [1.807, 2.05) is 30.5 Å². The van der Waals surface area contributed by atoms with E-state index in [2.05, 4.69) is 17.2 Å². The van der Waals surface area contributed by atoms with Gasteiger partial charge in [-0.05, 0) is 61.7 Å². The van der Waals surface area contributed by atoms with Crippen LogP contribution in [0.15, 0.2) is 35.7 Å². The van der Waals surface area contributed by atoms with Crippen molar-refractivity contribution < 1.29 is 9.59 Å². The Labute approximate surface area is 196 Å². The third kappa shape index (κ3) is 4.68. The van der Waals surface area contributed by atoms with Gasteiger partial charge in [0.25, 0.3) is 5.91 Å². The van der Waals surface area contributed by atoms with Crippen molar-refractivity contribution in [3.05, 3.63) is 62.3 Å². The van der Waals surface area contributed by atoms with E-state index in [4.69, 9.17) is 23.8 Å². The number of hydrogen-bond donors (Lipinski definition) is 2. The highest BCUT2D eigenvalue weighted by atomic mass is 35.5. The van der Waals surface area contributed by atoms with E-state index < -0.39 is 0 Å². The fourth-order valence-electron chi connectivity index (χ4n) is 4.07. The molecule has 1 aliphatic carbocycles. The minimum atomic E-state index is -0.348. The molecule has 0 radical (unpaired) electrons. The number of thiophene rings is 1. The van der Waals surface area contributed by atoms with Gasteiger partial charge < -0.3 is 15.5 Å². The van der Waals surface area contributed by atoms with Crippen LogP contribution in [0.1, 0.15) is 52.0 Å². The van der Waals surface area contributed by atoms with Crippen LogP contribution in [0.4, 0.5) is 5.69 Å². The number of halogens is 1. The lowest BCUT2D eigenvalue weighted by molar-refractivity contribution is -0.122. The topological polar surface area (TPSA) is 61.4 Å². The Morgan fingerprint density at radius 3 is 2.97 bits per heavy atom. The number of nitrogens with one attached hydrogen (secondary N) is 2. The Bertz CT molecular complexity index is 1080. The summed E-state index contributed by atoms with van der Waals surface area (Å²) in [6, 6.07) is 5.35. The van der Waals surface area contributed by atoms with E-state index in [9.17, 15) is 9.59 Å². The average Bonchev–Trinajstić information content (AvgIpc) is 3.21. The molecule has 0 spiro atoms. The molecule has 0 saturated heterocycles. The van der Waals surface area contributed by atoms with E-state index in [-0.39, 0.29) is 17.7 Å². The largest absolute Gasteiger partial charge is 0.358 e. The lowest BCUT2D eigenvalue weighted by Crippen LogP contribution is -2.40. The lowest BCUT2D eigenvalue weighted by atomic mass is 10.1. The maximum atomic E-state index is 13.0. The zero-order valence-corrected chi connectivity index (χ0v) is 19.7. The molecule has 2 aromatic rings. The summed E-state index contributed by atoms with van der Waals surface area (Å²) < 4.78 is 0. The monoisotopic (exact) mass is 473 g/mol. The van der Waals surface area contributed by atoms with Crippen molar-refractivity contribution in [2.45, 2.75) is 51.7 Å². The standard InChI is InChI=1S/C23H24ClN3O2S2/c1-13-4-3-5-19(20(28)8-13)27-11-16-17(22(27)29)12-31-21(16)10-25-23(30)26-15-7-6-14(2)18(24)9-15/h6-7,9,12,19H,1,3-5,8,10-11H2,2H3,(H2,25,26,30). The fourth-order valence-corrected chi connectivity index (χ4v) is 5.41. The van der Waals surface area contributed by atoms with Crippen LogP contribution in [-0.4, -0.2) is 27.7 Å². The summed E-state index contributed by atoms with van der Waals surface area (Å²) in [6.07, 6.45) is 2.83. The molecule has 1 saturated carbocycles. The molecule has 0 bridgehead atoms. The molecule has 162 valence electrons. The van der Waals surface area contributed by atoms with E-state index in [1.54, 1.807) is 16.2 Å². The summed E-state index contributed by atoms with van der Waals surface area (Å²) >= 11 is 13.1. The van der Waals surface area contributed by atoms with Crippen molar-refractivity contribution in [1.82, 2.24) is 10.2 Å². The summed E-state index contributed by atoms with van der Waals surface area (Å²) in [7, 11) is 0. The molecule has 31 heavy (non-hydrogen) atoms. The molecule has 2 heterocycles. The van der Waals surface area contributed by atoms with Crippen LogP contribution in [0.3, 0.4) is 0 Å². The van der Waals surface area contributed by atoms with Gasteiger partial charge >= 0.3 is 0 Å². The van der Waals surface area contributed by atoms with Gasteiger partial charge in [-0.2, -0.15) is 0 Å². The van der Waals surface area contributed by atoms with Crippen LogP contribution >= 0.6 is 35.2 Å². The molecule has 1 fully saturated rings. The Morgan fingerprint density at radius 1 is 1.39 bits per heavy atom. The summed E-state index contributed by atoms with van der Waals surface area (Å²) in [4.78, 5) is 28.4. The predicted molar refractivity (Wildman–Crippen MR) is 130 cm³/mol. The molecule has 1 aliphatic heterocycles. The first-order valence-corrected chi connectivity index (χ1v) is 11.9. The third-order valence-corrected chi connectivity index (χ3v) is 7.50. The number of benzene rings is 1. The molecular weight excluding hydrogens is 450 g/mol. The molecule has 2 aliphatic rings. The molecule has 4 rings (SSSR count). The van der Waals surface area contributed by atoms with Crippen molar-refractivity contribution in [2.75, 3.05) is 5.32 Å². The summed E-state index contributed by atoms with van der Waals surface area (Å²) in [5.74, 6) is 0.0600. The molecule has 8 heteroatoms. The number of allylic oxidation sites excluding steroid dienone is 1. The summed E-state index contributed by atoms with van der Waals surface area (Å²) in [5.41, 5.74) is 4.50. The van der Waals surface area contributed by atoms with E-state index in [0.29, 0.717) is 41.6 Å². The minimum Gasteiger partial charge on any atom is -0.358 e. The van der Waals surface area contributed by atoms with E-state index >= 15 is 0 Å². The lowest BCUT2D eigenvalue weighted by Gasteiger charge is -2.25. The van der Waals surface area contributed by atoms with Crippen molar-refractivity contribution in [3.63, 3.8) is 0 Å². The van der Waals surface area contributed by atoms with Crippen LogP contribution < -0.4 is 10.6 Å². The number of aryl methyl sites for hydroxylation is 1. The summed E-state index contributed by atoms with van der Waals surface area (Å²) in [6.45, 7) is 6.91. The van der Waals surface area contributed by atoms with Crippen molar-refractivity contribution >= 4 is 57.6 Å². The van der Waals surface area contributed by atoms with Gasteiger partial charge in [0.1, 0.15) is 0 Å². The van der Waals surface area contributed by atoms with Crippen molar-refractivity contribution in [3.8, 4) is 0 Å². The number of carbonyl (C=O) groups excluding carboxylic acids is 2. The molecule has 1 aromatic heterocycles. The maximum Gasteiger partial charge on any atom is 0.255 e. The number of fused-ring (bicyclic) bond motifs is 1. The van der Waals surface area contributed by atoms with Crippen LogP contribution in [0.5, 0.6) is 0 Å². The minimum absolute atomic E-state index is 0.0432. The second-order valence-electron chi connectivity index (χ2n) is 8.06. The molecule has 5 nitrogen and oxygen atoms in total. The number of rotatable bonds is 4. The SMILES string of the molecule is C=C1CCCC(N2Cc3c(csc3CNC(=S)Nc3ccc(C)c(Cl)c3)C2=O)C(=O)C1. The van der Waals surface area contributed by atoms with E-state index in [1.165, 1.54) is 0 Å². The highest BCUT2D eigenvalue weighted by Gasteiger charge is 2.38. The molecule has 1 amide bonds. The fraction of sp³-hybridized carbons (Fsp3) is 0.348. The van der Waals surface area contributed by atoms with Gasteiger partial charge in [-0.3, -0.25) is 9.59 Å². The van der Waals surface area contributed by atoms with Crippen molar-refractivity contribution in [2.24, 2.45) is 0 Å². The molecular formula is C23H24ClN3O2S2. The number of anilines is 1. The maximum absolute atomic E-state index is 13.0. The predicted octanol–water partition coefficient (Wildman–Crippen LogP) is 5.22. The number of carbonyl (C=O) groups is 2. The third-order valence-electron chi connectivity index (χ3n) is 5.82. The first-order valence-electron chi connectivity index (χ1n) is 10.2. The Balaban J connectivity index is 1.40. The van der Waals surface area contributed by atoms with Gasteiger partial charge in [-0.15, -0.1) is 11.3 Å². The quantitative estimate of drug-likeness (QED) is 0.362. The Hall–Kier alpha value is -2.22. The highest BCUT2D eigenvalue weighted by Crippen LogP contribution is 2.35. The highest BCUT2D eigenvalue weighted by molar-refractivity contribution is 7.80. The van der Waals surface area contributed by atoms with E-state index in [0.717, 1.165) is 40.1 Å². The first-order chi connectivity index (χ1) is 14.8. The van der Waals surface area contributed by atoms with Crippen LogP contribution in [-0.2, 0) is 17.9 Å². The van der Waals surface area contributed by atoms with Gasteiger partial charge in [-0.25, -0.2) is 0 Å². The van der Waals surface area contributed by atoms with Gasteiger partial charge in [-0.1, -0.05) is 29.8 Å². The molecule has 1 atom stereocenters. The summed E-state index contributed by atoms with van der Waals surface area (Å²) in [5, 5.41) is 9.41. The smallest absolute Gasteiger partial charge is 0.255 e. The number of Topliss-reactive ketones (excluding diaryl/α,β-unsaturated/α-hetero) is 1. The van der Waals surface area contributed by atoms with Gasteiger partial charge in [0, 0.05) is 33.9 Å². The second-order valence-corrected chi connectivity index (χ2v) is 9.84. The molecule has 1 aromatic carbocycles. The van der Waals surface area contributed by atoms with Gasteiger partial charge in [0.05, 0.1) is 18.2 Å². The first kappa shape index (κ1) is 22.0. The van der Waals surface area contributed by atoms with Gasteiger partial charge in [0.15, 0.2) is 10.9 Å². The normalized spacial score (nSPS) is 18.7. The molecule has 1 unspecified atom stereocenters. The number of thiocarbonyl (C=S) groups is 1.